The SMILES string of the molecule is C=C(C)S/C(=C(\C)Oc1ccc(NC(=O)CC(F)(F)F)c2ccccc12)c1ccnc(NC2CNCC(F)(F)C2)n1. The van der Waals surface area contributed by atoms with E-state index in [4.69, 9.17) is 4.74 Å². The van der Waals surface area contributed by atoms with E-state index in [1.54, 1.807) is 43.3 Å². The van der Waals surface area contributed by atoms with Crippen LogP contribution >= 0.6 is 11.8 Å². The summed E-state index contributed by atoms with van der Waals surface area (Å²) in [7, 11) is 0. The molecule has 1 aliphatic heterocycles. The maximum Gasteiger partial charge on any atom is 0.397 e. The fourth-order valence-electron chi connectivity index (χ4n) is 4.31. The molecule has 0 radical (unpaired) electrons. The van der Waals surface area contributed by atoms with E-state index in [1.165, 1.54) is 24.0 Å². The maximum absolute atomic E-state index is 13.8. The van der Waals surface area contributed by atoms with Crippen LogP contribution in [0.25, 0.3) is 15.7 Å². The number of alkyl halides is 5. The number of nitrogens with zero attached hydrogens (tertiary/aromatic N) is 2. The molecule has 4 rings (SSSR count). The zero-order chi connectivity index (χ0) is 29.8. The van der Waals surface area contributed by atoms with Crippen molar-refractivity contribution >= 4 is 45.0 Å². The summed E-state index contributed by atoms with van der Waals surface area (Å²) in [6.07, 6.45) is -5.06. The first-order valence-electron chi connectivity index (χ1n) is 12.6. The highest BCUT2D eigenvalue weighted by molar-refractivity contribution is 8.11. The number of benzene rings is 2. The smallest absolute Gasteiger partial charge is 0.397 e. The molecule has 1 aromatic heterocycles. The van der Waals surface area contributed by atoms with Crippen LogP contribution in [0.5, 0.6) is 5.75 Å². The van der Waals surface area contributed by atoms with Crippen molar-refractivity contribution in [2.45, 2.75) is 44.8 Å². The fraction of sp³-hybridized carbons (Fsp3) is 0.321. The highest BCUT2D eigenvalue weighted by Crippen LogP contribution is 2.38. The normalized spacial score (nSPS) is 17.5. The molecule has 0 spiro atoms. The minimum absolute atomic E-state index is 0.184. The first-order valence-corrected chi connectivity index (χ1v) is 13.4. The molecule has 3 N–H and O–H groups in total. The number of hydrogen-bond donors (Lipinski definition) is 3. The highest BCUT2D eigenvalue weighted by Gasteiger charge is 2.36. The van der Waals surface area contributed by atoms with Crippen molar-refractivity contribution in [3.63, 3.8) is 0 Å². The van der Waals surface area contributed by atoms with Crippen molar-refractivity contribution in [2.24, 2.45) is 0 Å². The summed E-state index contributed by atoms with van der Waals surface area (Å²) in [5.41, 5.74) is 0.693. The number of nitrogens with one attached hydrogen (secondary N) is 3. The molecule has 1 fully saturated rings. The third-order valence-corrected chi connectivity index (χ3v) is 6.97. The van der Waals surface area contributed by atoms with Crippen LogP contribution in [0, 0.1) is 0 Å². The largest absolute Gasteiger partial charge is 0.460 e. The van der Waals surface area contributed by atoms with Crippen molar-refractivity contribution in [1.82, 2.24) is 15.3 Å². The summed E-state index contributed by atoms with van der Waals surface area (Å²) in [6.45, 7) is 7.46. The number of anilines is 2. The first-order chi connectivity index (χ1) is 19.3. The summed E-state index contributed by atoms with van der Waals surface area (Å²) in [5.74, 6) is -2.99. The van der Waals surface area contributed by atoms with Crippen LogP contribution in [0.2, 0.25) is 0 Å². The molecular formula is C28H28F5N5O2S. The summed E-state index contributed by atoms with van der Waals surface area (Å²) in [6, 6.07) is 11.0. The van der Waals surface area contributed by atoms with E-state index in [1.807, 2.05) is 6.92 Å². The minimum Gasteiger partial charge on any atom is -0.460 e. The van der Waals surface area contributed by atoms with E-state index in [0.29, 0.717) is 39.4 Å². The Morgan fingerprint density at radius 1 is 1.17 bits per heavy atom. The van der Waals surface area contributed by atoms with Gasteiger partial charge in [-0.05, 0) is 37.0 Å². The predicted octanol–water partition coefficient (Wildman–Crippen LogP) is 6.96. The summed E-state index contributed by atoms with van der Waals surface area (Å²) >= 11 is 1.30. The quantitative estimate of drug-likeness (QED) is 0.183. The molecule has 7 nitrogen and oxygen atoms in total. The molecule has 0 bridgehead atoms. The standard InChI is InChI=1S/C28H28F5N5O2S/c1-16(2)41-25(22-10-11-35-26(38-22)36-18-12-27(29,30)15-34-14-18)17(3)40-23-9-8-21(19-6-4-5-7-20(19)23)37-24(39)13-28(31,32)33/h4-11,18,34H,1,12-15H2,2-3H3,(H,37,39)(H,35,36,38)/b25-17+. The number of rotatable bonds is 9. The molecule has 13 heteroatoms. The molecule has 218 valence electrons. The van der Waals surface area contributed by atoms with Crippen molar-refractivity contribution in [3.8, 4) is 5.75 Å². The molecule has 1 amide bonds. The van der Waals surface area contributed by atoms with E-state index in [0.717, 1.165) is 4.91 Å². The summed E-state index contributed by atoms with van der Waals surface area (Å²) < 4.78 is 71.9. The Balaban J connectivity index is 1.63. The third-order valence-electron chi connectivity index (χ3n) is 5.92. The van der Waals surface area contributed by atoms with Crippen LogP contribution in [0.4, 0.5) is 33.6 Å². The van der Waals surface area contributed by atoms with Gasteiger partial charge in [-0.25, -0.2) is 18.7 Å². The molecule has 0 saturated carbocycles. The molecule has 41 heavy (non-hydrogen) atoms. The zero-order valence-electron chi connectivity index (χ0n) is 22.2. The average Bonchev–Trinajstić information content (AvgIpc) is 2.87. The topological polar surface area (TPSA) is 88.2 Å². The van der Waals surface area contributed by atoms with Crippen LogP contribution in [0.3, 0.4) is 0 Å². The molecule has 0 aliphatic carbocycles. The van der Waals surface area contributed by atoms with Crippen LogP contribution in [-0.2, 0) is 4.79 Å². The number of allylic oxidation sites excluding steroid dienone is 2. The van der Waals surface area contributed by atoms with Gasteiger partial charge < -0.3 is 20.7 Å². The van der Waals surface area contributed by atoms with Gasteiger partial charge in [0.05, 0.1) is 17.1 Å². The molecule has 3 aromatic rings. The number of piperidine rings is 1. The monoisotopic (exact) mass is 593 g/mol. The lowest BCUT2D eigenvalue weighted by molar-refractivity contribution is -0.150. The van der Waals surface area contributed by atoms with Gasteiger partial charge in [0.15, 0.2) is 0 Å². The van der Waals surface area contributed by atoms with Gasteiger partial charge in [0.2, 0.25) is 11.9 Å². The van der Waals surface area contributed by atoms with Crippen molar-refractivity contribution in [1.29, 1.82) is 0 Å². The number of hydrogen-bond acceptors (Lipinski definition) is 7. The maximum atomic E-state index is 13.8. The van der Waals surface area contributed by atoms with E-state index in [9.17, 15) is 26.7 Å². The molecule has 2 heterocycles. The molecule has 1 saturated heterocycles. The lowest BCUT2D eigenvalue weighted by Gasteiger charge is -2.30. The number of thioether (sulfide) groups is 1. The van der Waals surface area contributed by atoms with Crippen LogP contribution < -0.4 is 20.7 Å². The Labute approximate surface area is 237 Å². The van der Waals surface area contributed by atoms with Crippen molar-refractivity contribution in [3.05, 3.63) is 71.6 Å². The summed E-state index contributed by atoms with van der Waals surface area (Å²) in [5, 5.41) is 9.06. The Kier molecular flexibility index (Phi) is 9.17. The number of amides is 1. The molecule has 1 aliphatic rings. The Morgan fingerprint density at radius 2 is 1.90 bits per heavy atom. The van der Waals surface area contributed by atoms with Crippen molar-refractivity contribution in [2.75, 3.05) is 23.7 Å². The summed E-state index contributed by atoms with van der Waals surface area (Å²) in [4.78, 5) is 22.0. The first kappa shape index (κ1) is 30.3. The van der Waals surface area contributed by atoms with Crippen LogP contribution in [0.15, 0.2) is 65.9 Å². The molecule has 1 unspecified atom stereocenters. The lowest BCUT2D eigenvalue weighted by atomic mass is 10.0. The number of halogens is 5. The zero-order valence-corrected chi connectivity index (χ0v) is 23.1. The predicted molar refractivity (Wildman–Crippen MR) is 151 cm³/mol. The minimum atomic E-state index is -4.63. The van der Waals surface area contributed by atoms with Gasteiger partial charge in [0.25, 0.3) is 5.92 Å². The Bertz CT molecular complexity index is 1480. The third kappa shape index (κ3) is 8.40. The van der Waals surface area contributed by atoms with Crippen LogP contribution in [-0.4, -0.2) is 47.1 Å². The van der Waals surface area contributed by atoms with E-state index in [-0.39, 0.29) is 24.6 Å². The number of carbonyl (C=O) groups excluding carboxylic acids is 1. The van der Waals surface area contributed by atoms with Gasteiger partial charge in [0, 0.05) is 41.7 Å². The lowest BCUT2D eigenvalue weighted by Crippen LogP contribution is -2.49. The Hall–Kier alpha value is -3.71. The number of ether oxygens (including phenoxy) is 1. The van der Waals surface area contributed by atoms with E-state index >= 15 is 0 Å². The van der Waals surface area contributed by atoms with Crippen molar-refractivity contribution < 1.29 is 31.5 Å². The number of aromatic nitrogens is 2. The molecule has 1 atom stereocenters. The second-order valence-corrected chi connectivity index (χ2v) is 10.9. The molecular weight excluding hydrogens is 565 g/mol. The van der Waals surface area contributed by atoms with E-state index < -0.39 is 30.5 Å². The van der Waals surface area contributed by atoms with Gasteiger partial charge in [0.1, 0.15) is 17.9 Å². The highest BCUT2D eigenvalue weighted by atomic mass is 32.2. The second-order valence-electron chi connectivity index (χ2n) is 9.59. The second kappa shape index (κ2) is 12.4. The molecule has 2 aromatic carbocycles. The van der Waals surface area contributed by atoms with Gasteiger partial charge >= 0.3 is 6.18 Å². The van der Waals surface area contributed by atoms with Gasteiger partial charge in [-0.1, -0.05) is 42.6 Å². The van der Waals surface area contributed by atoms with E-state index in [2.05, 4.69) is 32.5 Å². The Morgan fingerprint density at radius 3 is 2.59 bits per heavy atom. The number of fused-ring (bicyclic) bond motifs is 1. The van der Waals surface area contributed by atoms with Crippen LogP contribution in [0.1, 0.15) is 32.4 Å². The van der Waals surface area contributed by atoms with Gasteiger partial charge in [-0.2, -0.15) is 13.2 Å². The average molecular weight is 594 g/mol. The van der Waals surface area contributed by atoms with Gasteiger partial charge in [-0.3, -0.25) is 4.79 Å². The van der Waals surface area contributed by atoms with Gasteiger partial charge in [-0.15, -0.1) is 0 Å². The number of carbonyl (C=O) groups is 1. The fourth-order valence-corrected chi connectivity index (χ4v) is 5.06.